The predicted molar refractivity (Wildman–Crippen MR) is 68.7 cm³/mol. The van der Waals surface area contributed by atoms with Gasteiger partial charge in [-0.25, -0.2) is 0 Å². The monoisotopic (exact) mass is 257 g/mol. The highest BCUT2D eigenvalue weighted by atomic mass is 32.2. The predicted octanol–water partition coefficient (Wildman–Crippen LogP) is 1.17. The van der Waals surface area contributed by atoms with Crippen LogP contribution in [0.4, 0.5) is 0 Å². The number of ether oxygens (including phenoxy) is 2. The van der Waals surface area contributed by atoms with Crippen LogP contribution in [0.25, 0.3) is 0 Å². The fourth-order valence-corrected chi connectivity index (χ4v) is 2.61. The molecule has 2 N–H and O–H groups in total. The highest BCUT2D eigenvalue weighted by Crippen LogP contribution is 2.15. The Balaban J connectivity index is 2.62. The van der Waals surface area contributed by atoms with E-state index in [9.17, 15) is 4.21 Å². The first-order valence-electron chi connectivity index (χ1n) is 5.55. The lowest BCUT2D eigenvalue weighted by atomic mass is 10.3. The van der Waals surface area contributed by atoms with Crippen LogP contribution in [0.5, 0.6) is 5.75 Å². The average molecular weight is 257 g/mol. The second-order valence-corrected chi connectivity index (χ2v) is 5.00. The Kier molecular flexibility index (Phi) is 6.18. The highest BCUT2D eigenvalue weighted by Gasteiger charge is 2.12. The molecule has 1 aromatic carbocycles. The van der Waals surface area contributed by atoms with E-state index in [0.717, 1.165) is 10.6 Å². The van der Waals surface area contributed by atoms with Crippen LogP contribution in [0.2, 0.25) is 0 Å². The van der Waals surface area contributed by atoms with Crippen molar-refractivity contribution < 1.29 is 13.7 Å². The van der Waals surface area contributed by atoms with Crippen molar-refractivity contribution in [3.05, 3.63) is 24.3 Å². The van der Waals surface area contributed by atoms with Gasteiger partial charge >= 0.3 is 0 Å². The molecule has 4 nitrogen and oxygen atoms in total. The number of hydrogen-bond donors (Lipinski definition) is 1. The molecule has 0 amide bonds. The van der Waals surface area contributed by atoms with Gasteiger partial charge in [0, 0.05) is 18.0 Å². The topological polar surface area (TPSA) is 61.5 Å². The zero-order valence-electron chi connectivity index (χ0n) is 10.2. The molecule has 0 spiro atoms. The van der Waals surface area contributed by atoms with Gasteiger partial charge in [0.2, 0.25) is 0 Å². The SMILES string of the molecule is CCOC(CN)CS(=O)c1ccc(OC)cc1. The number of rotatable bonds is 7. The van der Waals surface area contributed by atoms with Gasteiger partial charge < -0.3 is 15.2 Å². The molecule has 17 heavy (non-hydrogen) atoms. The summed E-state index contributed by atoms with van der Waals surface area (Å²) in [5.41, 5.74) is 5.55. The van der Waals surface area contributed by atoms with Gasteiger partial charge in [0.15, 0.2) is 0 Å². The van der Waals surface area contributed by atoms with E-state index in [1.165, 1.54) is 0 Å². The summed E-state index contributed by atoms with van der Waals surface area (Å²) in [5.74, 6) is 1.18. The molecule has 0 aliphatic heterocycles. The minimum atomic E-state index is -1.09. The summed E-state index contributed by atoms with van der Waals surface area (Å²) in [6, 6.07) is 7.19. The third-order valence-corrected chi connectivity index (χ3v) is 3.80. The van der Waals surface area contributed by atoms with Crippen LogP contribution < -0.4 is 10.5 Å². The number of methoxy groups -OCH3 is 1. The van der Waals surface area contributed by atoms with Gasteiger partial charge in [-0.05, 0) is 31.2 Å². The molecule has 0 saturated carbocycles. The molecular formula is C12H19NO3S. The lowest BCUT2D eigenvalue weighted by molar-refractivity contribution is 0.0852. The summed E-state index contributed by atoms with van der Waals surface area (Å²) < 4.78 is 22.5. The minimum absolute atomic E-state index is 0.150. The van der Waals surface area contributed by atoms with E-state index in [1.54, 1.807) is 31.4 Å². The van der Waals surface area contributed by atoms with E-state index in [0.29, 0.717) is 18.9 Å². The van der Waals surface area contributed by atoms with E-state index < -0.39 is 10.8 Å². The molecule has 0 radical (unpaired) electrons. The Morgan fingerprint density at radius 1 is 1.35 bits per heavy atom. The third-order valence-electron chi connectivity index (χ3n) is 2.32. The number of nitrogens with two attached hydrogens (primary N) is 1. The van der Waals surface area contributed by atoms with Gasteiger partial charge in [-0.15, -0.1) is 0 Å². The third kappa shape index (κ3) is 4.46. The Bertz CT molecular complexity index is 353. The molecule has 0 bridgehead atoms. The van der Waals surface area contributed by atoms with Gasteiger partial charge in [0.25, 0.3) is 0 Å². The van der Waals surface area contributed by atoms with Gasteiger partial charge in [-0.3, -0.25) is 4.21 Å². The molecule has 96 valence electrons. The van der Waals surface area contributed by atoms with E-state index in [-0.39, 0.29) is 6.10 Å². The van der Waals surface area contributed by atoms with Crippen molar-refractivity contribution in [2.75, 3.05) is 26.0 Å². The standard InChI is InChI=1S/C12H19NO3S/c1-3-16-11(8-13)9-17(14)12-6-4-10(15-2)5-7-12/h4-7,11H,3,8-9,13H2,1-2H3. The zero-order valence-corrected chi connectivity index (χ0v) is 11.0. The Morgan fingerprint density at radius 2 is 2.00 bits per heavy atom. The largest absolute Gasteiger partial charge is 0.497 e. The van der Waals surface area contributed by atoms with Crippen molar-refractivity contribution in [3.63, 3.8) is 0 Å². The lowest BCUT2D eigenvalue weighted by Gasteiger charge is -2.14. The van der Waals surface area contributed by atoms with Gasteiger partial charge in [-0.2, -0.15) is 0 Å². The lowest BCUT2D eigenvalue weighted by Crippen LogP contribution is -2.29. The second kappa shape index (κ2) is 7.42. The molecule has 0 aromatic heterocycles. The van der Waals surface area contributed by atoms with Crippen molar-refractivity contribution >= 4 is 10.8 Å². The Hall–Kier alpha value is -0.910. The van der Waals surface area contributed by atoms with E-state index in [4.69, 9.17) is 15.2 Å². The van der Waals surface area contributed by atoms with Crippen LogP contribution in [0.15, 0.2) is 29.2 Å². The van der Waals surface area contributed by atoms with E-state index in [2.05, 4.69) is 0 Å². The van der Waals surface area contributed by atoms with Crippen LogP contribution >= 0.6 is 0 Å². The molecule has 1 rings (SSSR count). The molecule has 0 heterocycles. The van der Waals surface area contributed by atoms with Gasteiger partial charge in [0.05, 0.1) is 29.8 Å². The normalized spacial score (nSPS) is 14.3. The van der Waals surface area contributed by atoms with Crippen molar-refractivity contribution in [1.82, 2.24) is 0 Å². The van der Waals surface area contributed by atoms with Gasteiger partial charge in [-0.1, -0.05) is 0 Å². The summed E-state index contributed by atoms with van der Waals surface area (Å²) in [5, 5.41) is 0. The summed E-state index contributed by atoms with van der Waals surface area (Å²) in [4.78, 5) is 0.768. The molecule has 2 unspecified atom stereocenters. The molecule has 0 saturated heterocycles. The Morgan fingerprint density at radius 3 is 2.47 bits per heavy atom. The molecular weight excluding hydrogens is 238 g/mol. The van der Waals surface area contributed by atoms with Crippen molar-refractivity contribution in [2.24, 2.45) is 5.73 Å². The smallest absolute Gasteiger partial charge is 0.118 e. The zero-order chi connectivity index (χ0) is 12.7. The Labute approximate surface area is 105 Å². The molecule has 5 heteroatoms. The van der Waals surface area contributed by atoms with E-state index in [1.807, 2.05) is 6.92 Å². The number of benzene rings is 1. The van der Waals surface area contributed by atoms with E-state index >= 15 is 0 Å². The van der Waals surface area contributed by atoms with Crippen molar-refractivity contribution in [2.45, 2.75) is 17.9 Å². The quantitative estimate of drug-likeness (QED) is 0.796. The first-order chi connectivity index (χ1) is 8.21. The molecule has 1 aromatic rings. The molecule has 0 aliphatic carbocycles. The van der Waals surface area contributed by atoms with Crippen molar-refractivity contribution in [1.29, 1.82) is 0 Å². The van der Waals surface area contributed by atoms with Crippen LogP contribution in [0, 0.1) is 0 Å². The fraction of sp³-hybridized carbons (Fsp3) is 0.500. The summed E-state index contributed by atoms with van der Waals surface area (Å²) in [6.07, 6.45) is -0.150. The van der Waals surface area contributed by atoms with Gasteiger partial charge in [0.1, 0.15) is 5.75 Å². The highest BCUT2D eigenvalue weighted by molar-refractivity contribution is 7.85. The molecule has 2 atom stereocenters. The second-order valence-electron chi connectivity index (χ2n) is 3.50. The van der Waals surface area contributed by atoms with Crippen LogP contribution in [0.1, 0.15) is 6.92 Å². The maximum atomic E-state index is 12.0. The minimum Gasteiger partial charge on any atom is -0.497 e. The summed E-state index contributed by atoms with van der Waals surface area (Å²) >= 11 is 0. The molecule has 0 fully saturated rings. The maximum absolute atomic E-state index is 12.0. The van der Waals surface area contributed by atoms with Crippen molar-refractivity contribution in [3.8, 4) is 5.75 Å². The summed E-state index contributed by atoms with van der Waals surface area (Å²) in [7, 11) is 0.517. The first-order valence-corrected chi connectivity index (χ1v) is 6.87. The average Bonchev–Trinajstić information content (AvgIpc) is 2.38. The first kappa shape index (κ1) is 14.2. The number of hydrogen-bond acceptors (Lipinski definition) is 4. The van der Waals surface area contributed by atoms with Crippen LogP contribution in [0.3, 0.4) is 0 Å². The molecule has 0 aliphatic rings. The van der Waals surface area contributed by atoms with Crippen LogP contribution in [-0.2, 0) is 15.5 Å². The fourth-order valence-electron chi connectivity index (χ4n) is 1.41. The maximum Gasteiger partial charge on any atom is 0.118 e. The summed E-state index contributed by atoms with van der Waals surface area (Å²) in [6.45, 7) is 2.87. The van der Waals surface area contributed by atoms with Crippen LogP contribution in [-0.4, -0.2) is 36.3 Å².